The molecule has 1 amide bonds. The summed E-state index contributed by atoms with van der Waals surface area (Å²) in [6.07, 6.45) is 2.50. The number of rotatable bonds is 4. The van der Waals surface area contributed by atoms with Gasteiger partial charge >= 0.3 is 11.9 Å². The van der Waals surface area contributed by atoms with Crippen molar-refractivity contribution < 1.29 is 23.9 Å². The minimum atomic E-state index is -0.612. The van der Waals surface area contributed by atoms with Crippen LogP contribution >= 0.6 is 0 Å². The van der Waals surface area contributed by atoms with Crippen molar-refractivity contribution in [1.82, 2.24) is 5.32 Å². The Hall–Kier alpha value is -1.85. The molecule has 6 nitrogen and oxygen atoms in total. The van der Waals surface area contributed by atoms with Crippen LogP contribution in [-0.2, 0) is 23.9 Å². The van der Waals surface area contributed by atoms with Crippen LogP contribution in [0.2, 0.25) is 0 Å². The molecule has 0 radical (unpaired) electrons. The summed E-state index contributed by atoms with van der Waals surface area (Å²) in [5.74, 6) is -1.55. The smallest absolute Gasteiger partial charge is 0.330 e. The van der Waals surface area contributed by atoms with Gasteiger partial charge in [-0.15, -0.1) is 0 Å². The van der Waals surface area contributed by atoms with Crippen molar-refractivity contribution in [1.29, 1.82) is 0 Å². The largest absolute Gasteiger partial charge is 0.464 e. The first kappa shape index (κ1) is 12.2. The first-order valence-corrected chi connectivity index (χ1v) is 4.95. The van der Waals surface area contributed by atoms with E-state index in [9.17, 15) is 14.4 Å². The average Bonchev–Trinajstić information content (AvgIpc) is 2.62. The fraction of sp³-hybridized carbons (Fsp3) is 0.500. The molecule has 1 atom stereocenters. The monoisotopic (exact) mass is 227 g/mol. The summed E-state index contributed by atoms with van der Waals surface area (Å²) in [5.41, 5.74) is 0. The average molecular weight is 227 g/mol. The number of ether oxygens (including phenoxy) is 2. The SMILES string of the molecule is CCOC(=O)C=CC(=O)NC1CCOC1=O. The third-order valence-electron chi connectivity index (χ3n) is 1.91. The number of nitrogens with one attached hydrogen (secondary N) is 1. The van der Waals surface area contributed by atoms with Crippen molar-refractivity contribution in [3.63, 3.8) is 0 Å². The van der Waals surface area contributed by atoms with E-state index in [1.807, 2.05) is 0 Å². The number of amides is 1. The molecule has 16 heavy (non-hydrogen) atoms. The van der Waals surface area contributed by atoms with Gasteiger partial charge in [0.2, 0.25) is 5.91 Å². The van der Waals surface area contributed by atoms with Gasteiger partial charge in [-0.25, -0.2) is 9.59 Å². The van der Waals surface area contributed by atoms with E-state index < -0.39 is 23.9 Å². The molecule has 1 unspecified atom stereocenters. The molecule has 88 valence electrons. The van der Waals surface area contributed by atoms with Crippen LogP contribution in [0.4, 0.5) is 0 Å². The second-order valence-electron chi connectivity index (χ2n) is 3.10. The van der Waals surface area contributed by atoms with Gasteiger partial charge in [0.05, 0.1) is 13.2 Å². The summed E-state index contributed by atoms with van der Waals surface area (Å²) in [4.78, 5) is 33.1. The number of esters is 2. The van der Waals surface area contributed by atoms with Gasteiger partial charge in [-0.1, -0.05) is 0 Å². The van der Waals surface area contributed by atoms with E-state index in [0.717, 1.165) is 12.2 Å². The minimum absolute atomic E-state index is 0.250. The number of hydrogen-bond acceptors (Lipinski definition) is 5. The fourth-order valence-electron chi connectivity index (χ4n) is 1.18. The predicted octanol–water partition coefficient (Wildman–Crippen LogP) is -0.463. The molecule has 0 aromatic carbocycles. The summed E-state index contributed by atoms with van der Waals surface area (Å²) >= 11 is 0. The second-order valence-corrected chi connectivity index (χ2v) is 3.10. The van der Waals surface area contributed by atoms with E-state index in [2.05, 4.69) is 14.8 Å². The highest BCUT2D eigenvalue weighted by atomic mass is 16.5. The Morgan fingerprint density at radius 2 is 2.31 bits per heavy atom. The van der Waals surface area contributed by atoms with Crippen LogP contribution in [0.25, 0.3) is 0 Å². The zero-order chi connectivity index (χ0) is 12.0. The second kappa shape index (κ2) is 5.89. The van der Waals surface area contributed by atoms with Gasteiger partial charge in [0.15, 0.2) is 0 Å². The molecule has 0 aromatic heterocycles. The van der Waals surface area contributed by atoms with Gasteiger partial charge in [-0.2, -0.15) is 0 Å². The Balaban J connectivity index is 2.35. The van der Waals surface area contributed by atoms with Gasteiger partial charge in [-0.05, 0) is 6.92 Å². The molecular formula is C10H13NO5. The Bertz CT molecular complexity index is 323. The zero-order valence-electron chi connectivity index (χ0n) is 8.89. The van der Waals surface area contributed by atoms with Crippen LogP contribution in [0, 0.1) is 0 Å². The predicted molar refractivity (Wildman–Crippen MR) is 53.3 cm³/mol. The van der Waals surface area contributed by atoms with Gasteiger partial charge in [0.25, 0.3) is 0 Å². The van der Waals surface area contributed by atoms with Gasteiger partial charge in [-0.3, -0.25) is 4.79 Å². The highest BCUT2D eigenvalue weighted by molar-refractivity contribution is 5.96. The third kappa shape index (κ3) is 3.72. The van der Waals surface area contributed by atoms with Crippen LogP contribution in [0.15, 0.2) is 12.2 Å². The molecule has 1 aliphatic heterocycles. The summed E-state index contributed by atoms with van der Waals surface area (Å²) in [6, 6.07) is -0.612. The Morgan fingerprint density at radius 3 is 2.88 bits per heavy atom. The number of carbonyl (C=O) groups excluding carboxylic acids is 3. The van der Waals surface area contributed by atoms with E-state index in [-0.39, 0.29) is 6.61 Å². The Labute approximate surface area is 92.6 Å². The molecule has 1 heterocycles. The number of cyclic esters (lactones) is 1. The molecule has 0 aromatic rings. The summed E-state index contributed by atoms with van der Waals surface area (Å²) in [6.45, 7) is 2.23. The minimum Gasteiger partial charge on any atom is -0.464 e. The van der Waals surface area contributed by atoms with Crippen LogP contribution in [0.1, 0.15) is 13.3 Å². The first-order chi connectivity index (χ1) is 7.63. The summed E-state index contributed by atoms with van der Waals surface area (Å²) in [5, 5.41) is 2.42. The third-order valence-corrected chi connectivity index (χ3v) is 1.91. The van der Waals surface area contributed by atoms with Crippen molar-refractivity contribution in [3.8, 4) is 0 Å². The molecule has 1 rings (SSSR count). The molecule has 1 N–H and O–H groups in total. The quantitative estimate of drug-likeness (QED) is 0.519. The topological polar surface area (TPSA) is 81.7 Å². The lowest BCUT2D eigenvalue weighted by molar-refractivity contribution is -0.140. The van der Waals surface area contributed by atoms with E-state index in [4.69, 9.17) is 0 Å². The van der Waals surface area contributed by atoms with Gasteiger partial charge in [0, 0.05) is 18.6 Å². The maximum Gasteiger partial charge on any atom is 0.330 e. The molecule has 0 bridgehead atoms. The molecule has 6 heteroatoms. The summed E-state index contributed by atoms with van der Waals surface area (Å²) < 4.78 is 9.25. The molecule has 0 aliphatic carbocycles. The summed E-state index contributed by atoms with van der Waals surface area (Å²) in [7, 11) is 0. The Kier molecular flexibility index (Phi) is 4.50. The maximum absolute atomic E-state index is 11.2. The standard InChI is InChI=1S/C10H13NO5/c1-2-15-9(13)4-3-8(12)11-7-5-6-16-10(7)14/h3-4,7H,2,5-6H2,1H3,(H,11,12). The van der Waals surface area contributed by atoms with Gasteiger partial charge in [0.1, 0.15) is 6.04 Å². The van der Waals surface area contributed by atoms with Gasteiger partial charge < -0.3 is 14.8 Å². The molecular weight excluding hydrogens is 214 g/mol. The number of hydrogen-bond donors (Lipinski definition) is 1. The van der Waals surface area contributed by atoms with E-state index >= 15 is 0 Å². The number of carbonyl (C=O) groups is 3. The van der Waals surface area contributed by atoms with Crippen LogP contribution < -0.4 is 5.32 Å². The van der Waals surface area contributed by atoms with Crippen LogP contribution in [0.5, 0.6) is 0 Å². The van der Waals surface area contributed by atoms with Crippen LogP contribution in [-0.4, -0.2) is 37.1 Å². The van der Waals surface area contributed by atoms with Crippen molar-refractivity contribution in [2.75, 3.05) is 13.2 Å². The highest BCUT2D eigenvalue weighted by Crippen LogP contribution is 2.05. The van der Waals surface area contributed by atoms with E-state index in [1.54, 1.807) is 6.92 Å². The van der Waals surface area contributed by atoms with Crippen molar-refractivity contribution in [2.45, 2.75) is 19.4 Å². The molecule has 0 spiro atoms. The van der Waals surface area contributed by atoms with Crippen molar-refractivity contribution in [3.05, 3.63) is 12.2 Å². The normalized spacial score (nSPS) is 19.6. The lowest BCUT2D eigenvalue weighted by Crippen LogP contribution is -2.36. The van der Waals surface area contributed by atoms with Crippen molar-refractivity contribution in [2.24, 2.45) is 0 Å². The maximum atomic E-state index is 11.2. The fourth-order valence-corrected chi connectivity index (χ4v) is 1.18. The van der Waals surface area contributed by atoms with Crippen molar-refractivity contribution >= 4 is 17.8 Å². The zero-order valence-corrected chi connectivity index (χ0v) is 8.89. The van der Waals surface area contributed by atoms with E-state index in [0.29, 0.717) is 13.0 Å². The molecule has 1 aliphatic rings. The lowest BCUT2D eigenvalue weighted by Gasteiger charge is -2.05. The lowest BCUT2D eigenvalue weighted by atomic mass is 10.2. The molecule has 0 saturated carbocycles. The Morgan fingerprint density at radius 1 is 1.56 bits per heavy atom. The molecule has 1 saturated heterocycles. The highest BCUT2D eigenvalue weighted by Gasteiger charge is 2.27. The van der Waals surface area contributed by atoms with Crippen LogP contribution in [0.3, 0.4) is 0 Å². The molecule has 1 fully saturated rings. The van der Waals surface area contributed by atoms with E-state index in [1.165, 1.54) is 0 Å². The first-order valence-electron chi connectivity index (χ1n) is 4.95.